The Balaban J connectivity index is 1.77. The Hall–Kier alpha value is -2.75. The van der Waals surface area contributed by atoms with Crippen LogP contribution in [0.3, 0.4) is 0 Å². The number of hydrogen-bond acceptors (Lipinski definition) is 6. The predicted molar refractivity (Wildman–Crippen MR) is 100 cm³/mol. The van der Waals surface area contributed by atoms with Crippen LogP contribution in [0.1, 0.15) is 10.4 Å². The Morgan fingerprint density at radius 3 is 2.44 bits per heavy atom. The van der Waals surface area contributed by atoms with E-state index in [0.717, 1.165) is 4.31 Å². The van der Waals surface area contributed by atoms with Crippen LogP contribution < -0.4 is 5.32 Å². The van der Waals surface area contributed by atoms with Crippen molar-refractivity contribution in [2.45, 2.75) is 4.90 Å². The van der Waals surface area contributed by atoms with Gasteiger partial charge in [0, 0.05) is 30.2 Å². The van der Waals surface area contributed by atoms with E-state index in [9.17, 15) is 13.2 Å². The maximum atomic E-state index is 12.2. The average Bonchev–Trinajstić information content (AvgIpc) is 3.10. The summed E-state index contributed by atoms with van der Waals surface area (Å²) in [6.07, 6.45) is 0. The summed E-state index contributed by atoms with van der Waals surface area (Å²) in [5.74, 6) is -0.301. The van der Waals surface area contributed by atoms with Gasteiger partial charge in [-0.25, -0.2) is 12.7 Å². The van der Waals surface area contributed by atoms with Crippen molar-refractivity contribution in [1.29, 1.82) is 0 Å². The lowest BCUT2D eigenvalue weighted by Crippen LogP contribution is -2.22. The van der Waals surface area contributed by atoms with E-state index in [1.54, 1.807) is 30.3 Å². The number of benzene rings is 2. The first-order chi connectivity index (χ1) is 12.8. The van der Waals surface area contributed by atoms with Crippen molar-refractivity contribution < 1.29 is 17.6 Å². The Labute approximate surface area is 160 Å². The lowest BCUT2D eigenvalue weighted by atomic mass is 10.2. The van der Waals surface area contributed by atoms with Gasteiger partial charge < -0.3 is 4.42 Å². The zero-order chi connectivity index (χ0) is 19.6. The first-order valence-corrected chi connectivity index (χ1v) is 9.52. The largest absolute Gasteiger partial charge is 0.403 e. The molecule has 1 heterocycles. The van der Waals surface area contributed by atoms with Gasteiger partial charge in [-0.3, -0.25) is 10.1 Å². The minimum Gasteiger partial charge on any atom is -0.403 e. The Morgan fingerprint density at radius 1 is 1.11 bits per heavy atom. The SMILES string of the molecule is CN(C)S(=O)(=O)c1ccc(-c2nnc(NC(=O)c3cccc(Cl)c3)o2)cc1. The Morgan fingerprint density at radius 2 is 1.81 bits per heavy atom. The number of nitrogens with one attached hydrogen (secondary N) is 1. The van der Waals surface area contributed by atoms with Gasteiger partial charge in [0.2, 0.25) is 15.9 Å². The average molecular weight is 407 g/mol. The molecule has 3 rings (SSSR count). The first kappa shape index (κ1) is 19.0. The molecule has 1 amide bonds. The lowest BCUT2D eigenvalue weighted by molar-refractivity contribution is 0.102. The topological polar surface area (TPSA) is 105 Å². The molecule has 0 aliphatic heterocycles. The van der Waals surface area contributed by atoms with E-state index in [0.29, 0.717) is 16.1 Å². The highest BCUT2D eigenvalue weighted by Crippen LogP contribution is 2.23. The van der Waals surface area contributed by atoms with Gasteiger partial charge in [0.1, 0.15) is 0 Å². The van der Waals surface area contributed by atoms with Crippen molar-refractivity contribution in [2.24, 2.45) is 0 Å². The quantitative estimate of drug-likeness (QED) is 0.698. The summed E-state index contributed by atoms with van der Waals surface area (Å²) in [6.45, 7) is 0. The fourth-order valence-electron chi connectivity index (χ4n) is 2.17. The van der Waals surface area contributed by atoms with Crippen LogP contribution in [0.5, 0.6) is 0 Å². The van der Waals surface area contributed by atoms with Crippen LogP contribution >= 0.6 is 11.6 Å². The number of amides is 1. The van der Waals surface area contributed by atoms with Gasteiger partial charge in [-0.2, -0.15) is 0 Å². The molecule has 1 aromatic heterocycles. The van der Waals surface area contributed by atoms with Gasteiger partial charge >= 0.3 is 6.01 Å². The van der Waals surface area contributed by atoms with Gasteiger partial charge in [0.25, 0.3) is 5.91 Å². The smallest absolute Gasteiger partial charge is 0.322 e. The van der Waals surface area contributed by atoms with Gasteiger partial charge in [-0.1, -0.05) is 22.8 Å². The minimum absolute atomic E-state index is 0.0834. The van der Waals surface area contributed by atoms with E-state index in [4.69, 9.17) is 16.0 Å². The second-order valence-corrected chi connectivity index (χ2v) is 8.28. The van der Waals surface area contributed by atoms with Gasteiger partial charge in [-0.05, 0) is 42.5 Å². The predicted octanol–water partition coefficient (Wildman–Crippen LogP) is 2.89. The fourth-order valence-corrected chi connectivity index (χ4v) is 3.26. The normalized spacial score (nSPS) is 11.6. The number of hydrogen-bond donors (Lipinski definition) is 1. The minimum atomic E-state index is -3.52. The van der Waals surface area contributed by atoms with E-state index < -0.39 is 15.9 Å². The zero-order valence-corrected chi connectivity index (χ0v) is 16.0. The summed E-state index contributed by atoms with van der Waals surface area (Å²) < 4.78 is 30.7. The molecule has 0 atom stereocenters. The second kappa shape index (κ2) is 7.47. The maximum absolute atomic E-state index is 12.2. The summed E-state index contributed by atoms with van der Waals surface area (Å²) >= 11 is 5.86. The Bertz CT molecular complexity index is 1080. The standard InChI is InChI=1S/C17H15ClN4O4S/c1-22(2)27(24,25)14-8-6-11(7-9-14)16-20-21-17(26-16)19-15(23)12-4-3-5-13(18)10-12/h3-10H,1-2H3,(H,19,21,23). The molecular weight excluding hydrogens is 392 g/mol. The van der Waals surface area contributed by atoms with Crippen LogP contribution in [0.4, 0.5) is 6.01 Å². The van der Waals surface area contributed by atoms with Crippen molar-refractivity contribution in [2.75, 3.05) is 19.4 Å². The lowest BCUT2D eigenvalue weighted by Gasteiger charge is -2.11. The summed E-state index contributed by atoms with van der Waals surface area (Å²) in [5.41, 5.74) is 0.865. The number of nitrogens with zero attached hydrogens (tertiary/aromatic N) is 3. The monoisotopic (exact) mass is 406 g/mol. The number of carbonyl (C=O) groups is 1. The second-order valence-electron chi connectivity index (χ2n) is 5.69. The van der Waals surface area contributed by atoms with E-state index in [1.165, 1.54) is 32.3 Å². The van der Waals surface area contributed by atoms with Gasteiger partial charge in [0.15, 0.2) is 0 Å². The van der Waals surface area contributed by atoms with Crippen LogP contribution in [0.2, 0.25) is 5.02 Å². The summed E-state index contributed by atoms with van der Waals surface area (Å²) in [7, 11) is -0.613. The molecule has 0 fully saturated rings. The third-order valence-corrected chi connectivity index (χ3v) is 5.68. The molecule has 8 nitrogen and oxygen atoms in total. The molecule has 0 saturated carbocycles. The highest BCUT2D eigenvalue weighted by atomic mass is 35.5. The van der Waals surface area contributed by atoms with E-state index in [-0.39, 0.29) is 16.8 Å². The summed E-state index contributed by atoms with van der Waals surface area (Å²) in [4.78, 5) is 12.3. The van der Waals surface area contributed by atoms with E-state index in [2.05, 4.69) is 15.5 Å². The van der Waals surface area contributed by atoms with E-state index in [1.807, 2.05) is 0 Å². The van der Waals surface area contributed by atoms with Crippen LogP contribution in [0.15, 0.2) is 57.8 Å². The molecule has 0 unspecified atom stereocenters. The van der Waals surface area contributed by atoms with E-state index >= 15 is 0 Å². The molecule has 0 spiro atoms. The molecule has 27 heavy (non-hydrogen) atoms. The van der Waals surface area contributed by atoms with Gasteiger partial charge in [-0.15, -0.1) is 5.10 Å². The maximum Gasteiger partial charge on any atom is 0.322 e. The highest BCUT2D eigenvalue weighted by Gasteiger charge is 2.18. The van der Waals surface area contributed by atoms with Crippen molar-refractivity contribution in [3.63, 3.8) is 0 Å². The highest BCUT2D eigenvalue weighted by molar-refractivity contribution is 7.89. The molecule has 0 aliphatic carbocycles. The molecule has 0 bridgehead atoms. The van der Waals surface area contributed by atoms with Gasteiger partial charge in [0.05, 0.1) is 4.90 Å². The van der Waals surface area contributed by atoms with Crippen LogP contribution in [-0.4, -0.2) is 42.9 Å². The fraction of sp³-hybridized carbons (Fsp3) is 0.118. The van der Waals surface area contributed by atoms with Crippen LogP contribution in [0.25, 0.3) is 11.5 Å². The molecule has 3 aromatic rings. The van der Waals surface area contributed by atoms with Crippen molar-refractivity contribution >= 4 is 33.5 Å². The third-order valence-electron chi connectivity index (χ3n) is 3.61. The molecule has 0 saturated heterocycles. The van der Waals surface area contributed by atoms with Crippen molar-refractivity contribution in [3.05, 3.63) is 59.1 Å². The molecule has 0 aliphatic rings. The van der Waals surface area contributed by atoms with Crippen molar-refractivity contribution in [1.82, 2.24) is 14.5 Å². The molecule has 2 aromatic carbocycles. The number of aromatic nitrogens is 2. The Kier molecular flexibility index (Phi) is 5.26. The zero-order valence-electron chi connectivity index (χ0n) is 14.4. The summed E-state index contributed by atoms with van der Waals surface area (Å²) in [6, 6.07) is 12.3. The molecule has 0 radical (unpaired) electrons. The molecule has 140 valence electrons. The third kappa shape index (κ3) is 4.16. The number of sulfonamides is 1. The van der Waals surface area contributed by atoms with Crippen molar-refractivity contribution in [3.8, 4) is 11.5 Å². The molecule has 1 N–H and O–H groups in total. The number of carbonyl (C=O) groups excluding carboxylic acids is 1. The van der Waals surface area contributed by atoms with Crippen LogP contribution in [-0.2, 0) is 10.0 Å². The molecule has 10 heteroatoms. The number of anilines is 1. The number of rotatable bonds is 5. The first-order valence-electron chi connectivity index (χ1n) is 7.71. The van der Waals surface area contributed by atoms with Crippen LogP contribution in [0, 0.1) is 0 Å². The molecular formula is C17H15ClN4O4S. The summed E-state index contributed by atoms with van der Waals surface area (Å²) in [5, 5.41) is 10.5. The number of halogens is 1.